The third-order valence-electron chi connectivity index (χ3n) is 6.85. The highest BCUT2D eigenvalue weighted by Crippen LogP contribution is 2.41. The molecule has 1 N–H and O–H groups in total. The molecule has 1 aliphatic heterocycles. The number of nitrogens with zero attached hydrogens (tertiary/aromatic N) is 3. The lowest BCUT2D eigenvalue weighted by molar-refractivity contribution is -0.384. The number of fused-ring (bicyclic) bond motifs is 3. The van der Waals surface area contributed by atoms with Crippen molar-refractivity contribution in [1.29, 1.82) is 0 Å². The van der Waals surface area contributed by atoms with Crippen LogP contribution < -0.4 is 19.6 Å². The summed E-state index contributed by atoms with van der Waals surface area (Å²) in [5.41, 5.74) is 4.70. The van der Waals surface area contributed by atoms with E-state index in [1.165, 1.54) is 36.1 Å². The summed E-state index contributed by atoms with van der Waals surface area (Å²) in [4.78, 5) is 30.5. The maximum atomic E-state index is 13.9. The second kappa shape index (κ2) is 9.38. The summed E-state index contributed by atoms with van der Waals surface area (Å²) in [6, 6.07) is 17.3. The van der Waals surface area contributed by atoms with Gasteiger partial charge in [-0.25, -0.2) is 4.99 Å². The second-order valence-corrected chi connectivity index (χ2v) is 10.9. The van der Waals surface area contributed by atoms with Crippen molar-refractivity contribution < 1.29 is 14.8 Å². The van der Waals surface area contributed by atoms with Gasteiger partial charge in [0.15, 0.2) is 16.3 Å². The van der Waals surface area contributed by atoms with Crippen LogP contribution in [0.3, 0.4) is 0 Å². The zero-order valence-corrected chi connectivity index (χ0v) is 22.5. The predicted molar refractivity (Wildman–Crippen MR) is 148 cm³/mol. The Labute approximate surface area is 228 Å². The fraction of sp³-hybridized carbons (Fsp3) is 0.143. The van der Waals surface area contributed by atoms with E-state index in [0.29, 0.717) is 31.4 Å². The van der Waals surface area contributed by atoms with Gasteiger partial charge in [0.1, 0.15) is 0 Å². The summed E-state index contributed by atoms with van der Waals surface area (Å²) in [6.45, 7) is 0. The Morgan fingerprint density at radius 3 is 2.79 bits per heavy atom. The Kier molecular flexibility index (Phi) is 6.00. The quantitative estimate of drug-likeness (QED) is 0.274. The minimum Gasteiger partial charge on any atom is -0.504 e. The van der Waals surface area contributed by atoms with Crippen LogP contribution in [-0.4, -0.2) is 21.7 Å². The van der Waals surface area contributed by atoms with Crippen LogP contribution in [0.4, 0.5) is 5.69 Å². The number of hydrogen-bond donors (Lipinski definition) is 1. The summed E-state index contributed by atoms with van der Waals surface area (Å²) in [7, 11) is 1.46. The van der Waals surface area contributed by atoms with E-state index in [4.69, 9.17) is 9.73 Å². The lowest BCUT2D eigenvalue weighted by Gasteiger charge is -2.30. The number of benzene rings is 3. The number of phenolic OH excluding ortho intramolecular Hbond substituents is 1. The van der Waals surface area contributed by atoms with Gasteiger partial charge in [0.05, 0.1) is 28.3 Å². The molecule has 0 unspecified atom stereocenters. The topological polar surface area (TPSA) is 107 Å². The minimum absolute atomic E-state index is 0.0360. The lowest BCUT2D eigenvalue weighted by Crippen LogP contribution is -2.38. The van der Waals surface area contributed by atoms with Gasteiger partial charge < -0.3 is 9.84 Å². The second-order valence-electron chi connectivity index (χ2n) is 9.01. The van der Waals surface area contributed by atoms with Gasteiger partial charge in [0, 0.05) is 27.7 Å². The molecule has 0 bridgehead atoms. The fourth-order valence-electron chi connectivity index (χ4n) is 5.13. The molecule has 1 atom stereocenters. The first-order valence-corrected chi connectivity index (χ1v) is 13.4. The summed E-state index contributed by atoms with van der Waals surface area (Å²) >= 11 is 4.64. The largest absolute Gasteiger partial charge is 0.504 e. The van der Waals surface area contributed by atoms with E-state index < -0.39 is 11.0 Å². The Morgan fingerprint density at radius 1 is 1.18 bits per heavy atom. The normalized spacial score (nSPS) is 16.4. The number of thiazole rings is 1. The van der Waals surface area contributed by atoms with Crippen LogP contribution >= 0.6 is 27.3 Å². The number of rotatable bonds is 4. The third-order valence-corrected chi connectivity index (χ3v) is 8.29. The van der Waals surface area contributed by atoms with E-state index in [1.54, 1.807) is 28.8 Å². The summed E-state index contributed by atoms with van der Waals surface area (Å²) in [6.07, 6.45) is 3.08. The molecule has 190 valence electrons. The maximum Gasteiger partial charge on any atom is 0.271 e. The SMILES string of the molecule is COc1cc(Br)cc(/C=c2/sc3n(c2=O)[C@H](c2cccc([N+](=O)[O-])c2)C2=C(N=3)c3ccccc3CC2)c1O. The van der Waals surface area contributed by atoms with E-state index in [-0.39, 0.29) is 22.7 Å². The molecule has 1 aromatic heterocycles. The van der Waals surface area contributed by atoms with E-state index in [2.05, 4.69) is 22.0 Å². The molecule has 2 heterocycles. The van der Waals surface area contributed by atoms with Crippen molar-refractivity contribution in [3.8, 4) is 11.5 Å². The smallest absolute Gasteiger partial charge is 0.271 e. The van der Waals surface area contributed by atoms with Crippen molar-refractivity contribution in [2.45, 2.75) is 18.9 Å². The number of non-ortho nitro benzene ring substituents is 1. The lowest BCUT2D eigenvalue weighted by atomic mass is 9.83. The van der Waals surface area contributed by atoms with Crippen LogP contribution in [0.2, 0.25) is 0 Å². The highest BCUT2D eigenvalue weighted by molar-refractivity contribution is 9.10. The number of ether oxygens (including phenoxy) is 1. The highest BCUT2D eigenvalue weighted by atomic mass is 79.9. The van der Waals surface area contributed by atoms with Crippen LogP contribution in [0.5, 0.6) is 11.5 Å². The number of nitro groups is 1. The molecule has 0 saturated carbocycles. The van der Waals surface area contributed by atoms with Gasteiger partial charge in [-0.1, -0.05) is 63.7 Å². The third kappa shape index (κ3) is 3.97. The van der Waals surface area contributed by atoms with Crippen LogP contribution in [0.25, 0.3) is 11.8 Å². The first-order chi connectivity index (χ1) is 18.4. The molecule has 1 aliphatic carbocycles. The molecule has 4 aromatic rings. The maximum absolute atomic E-state index is 13.9. The van der Waals surface area contributed by atoms with Crippen molar-refractivity contribution in [1.82, 2.24) is 4.57 Å². The molecule has 6 rings (SSSR count). The number of allylic oxidation sites excluding steroid dienone is 1. The Morgan fingerprint density at radius 2 is 2.00 bits per heavy atom. The molecule has 0 fully saturated rings. The number of halogens is 1. The number of nitro benzene ring substituents is 1. The van der Waals surface area contributed by atoms with Crippen molar-refractivity contribution in [2.75, 3.05) is 7.11 Å². The van der Waals surface area contributed by atoms with Gasteiger partial charge in [-0.3, -0.25) is 19.5 Å². The van der Waals surface area contributed by atoms with Gasteiger partial charge >= 0.3 is 0 Å². The summed E-state index contributed by atoms with van der Waals surface area (Å²) in [5.74, 6) is 0.199. The van der Waals surface area contributed by atoms with Crippen molar-refractivity contribution >= 4 is 44.7 Å². The molecule has 0 saturated heterocycles. The molecule has 2 aliphatic rings. The first kappa shape index (κ1) is 24.3. The van der Waals surface area contributed by atoms with Crippen LogP contribution in [0, 0.1) is 10.1 Å². The van der Waals surface area contributed by atoms with Gasteiger partial charge in [0.2, 0.25) is 0 Å². The average Bonchev–Trinajstić information content (AvgIpc) is 3.23. The molecular weight excluding hydrogens is 570 g/mol. The van der Waals surface area contributed by atoms with Crippen LogP contribution in [-0.2, 0) is 6.42 Å². The number of hydrogen-bond acceptors (Lipinski definition) is 7. The number of aromatic nitrogens is 1. The first-order valence-electron chi connectivity index (χ1n) is 11.8. The summed E-state index contributed by atoms with van der Waals surface area (Å²) in [5, 5.41) is 22.3. The van der Waals surface area contributed by atoms with Gasteiger partial charge in [-0.05, 0) is 47.8 Å². The summed E-state index contributed by atoms with van der Waals surface area (Å²) < 4.78 is 7.94. The monoisotopic (exact) mass is 589 g/mol. The highest BCUT2D eigenvalue weighted by Gasteiger charge is 2.33. The molecule has 0 radical (unpaired) electrons. The molecule has 0 amide bonds. The number of aromatic hydroxyl groups is 1. The minimum atomic E-state index is -0.540. The number of methoxy groups -OCH3 is 1. The Bertz CT molecular complexity index is 1860. The van der Waals surface area contributed by atoms with E-state index in [1.807, 2.05) is 24.3 Å². The van der Waals surface area contributed by atoms with Gasteiger partial charge in [-0.2, -0.15) is 0 Å². The molecule has 10 heteroatoms. The zero-order valence-electron chi connectivity index (χ0n) is 20.1. The fourth-order valence-corrected chi connectivity index (χ4v) is 6.58. The van der Waals surface area contributed by atoms with Crippen LogP contribution in [0.15, 0.2) is 80.5 Å². The molecule has 38 heavy (non-hydrogen) atoms. The van der Waals surface area contributed by atoms with Crippen LogP contribution in [0.1, 0.15) is 34.7 Å². The molecule has 3 aromatic carbocycles. The van der Waals surface area contributed by atoms with E-state index >= 15 is 0 Å². The van der Waals surface area contributed by atoms with Crippen molar-refractivity contribution in [3.63, 3.8) is 0 Å². The van der Waals surface area contributed by atoms with E-state index in [0.717, 1.165) is 23.3 Å². The number of phenols is 1. The zero-order chi connectivity index (χ0) is 26.6. The van der Waals surface area contributed by atoms with Gasteiger partial charge in [-0.15, -0.1) is 0 Å². The van der Waals surface area contributed by atoms with Gasteiger partial charge in [0.25, 0.3) is 11.2 Å². The van der Waals surface area contributed by atoms with Crippen molar-refractivity contribution in [2.24, 2.45) is 4.99 Å². The molecular formula is C28H20BrN3O5S. The average molecular weight is 590 g/mol. The van der Waals surface area contributed by atoms with Crippen molar-refractivity contribution in [3.05, 3.63) is 123 Å². The number of aryl methyl sites for hydroxylation is 1. The Balaban J connectivity index is 1.63. The van der Waals surface area contributed by atoms with E-state index in [9.17, 15) is 20.0 Å². The molecule has 8 nitrogen and oxygen atoms in total. The Hall–Kier alpha value is -4.02. The molecule has 0 spiro atoms. The predicted octanol–water partition coefficient (Wildman–Crippen LogP) is 4.70. The standard InChI is InChI=1S/C28H20BrN3O5S/c1-37-22-14-18(29)11-17(26(22)33)13-23-27(34)31-25(16-6-4-7-19(12-16)32(35)36)21-10-9-15-5-2-3-8-20(15)24(21)30-28(31)38-23/h2-8,11-14,25,33H,9-10H2,1H3/b23-13+/t25-/m1/s1.